The largest absolute Gasteiger partial charge is 0.477 e. The Morgan fingerprint density at radius 3 is 1.50 bits per heavy atom. The summed E-state index contributed by atoms with van der Waals surface area (Å²) in [6.07, 6.45) is 0. The van der Waals surface area contributed by atoms with Crippen molar-refractivity contribution in [2.45, 2.75) is 38.8 Å². The molecule has 0 saturated carbocycles. The summed E-state index contributed by atoms with van der Waals surface area (Å²) in [4.78, 5) is 8.57. The summed E-state index contributed by atoms with van der Waals surface area (Å²) < 4.78 is 10.9. The third kappa shape index (κ3) is 2.68. The highest BCUT2D eigenvalue weighted by molar-refractivity contribution is 5.87. The van der Waals surface area contributed by atoms with Crippen molar-refractivity contribution in [3.05, 3.63) is 0 Å². The molecule has 18 heavy (non-hydrogen) atoms. The first-order chi connectivity index (χ1) is 8.42. The summed E-state index contributed by atoms with van der Waals surface area (Å²) in [5.41, 5.74) is -1.07. The smallest absolute Gasteiger partial charge is 0.213 e. The summed E-state index contributed by atoms with van der Waals surface area (Å²) in [5.74, 6) is 1.30. The van der Waals surface area contributed by atoms with Crippen molar-refractivity contribution in [2.75, 3.05) is 26.3 Å². The fraction of sp³-hybridized carbons (Fsp3) is 0.833. The molecule has 2 heterocycles. The van der Waals surface area contributed by atoms with E-state index in [9.17, 15) is 0 Å². The molecule has 0 radical (unpaired) electrons. The summed E-state index contributed by atoms with van der Waals surface area (Å²) in [5, 5.41) is 8.73. The maximum Gasteiger partial charge on any atom is 0.213 e. The van der Waals surface area contributed by atoms with E-state index in [-0.39, 0.29) is 0 Å². The molecule has 0 aliphatic carbocycles. The van der Waals surface area contributed by atoms with Gasteiger partial charge < -0.3 is 9.47 Å². The van der Waals surface area contributed by atoms with Gasteiger partial charge in [0, 0.05) is 0 Å². The predicted octanol–water partition coefficient (Wildman–Crippen LogP) is 1.85. The van der Waals surface area contributed by atoms with Crippen LogP contribution in [-0.2, 0) is 9.47 Å². The Hall–Kier alpha value is -1.46. The average Bonchev–Trinajstić information content (AvgIpc) is 2.99. The van der Waals surface area contributed by atoms with Crippen molar-refractivity contribution in [1.29, 1.82) is 0 Å². The zero-order valence-corrected chi connectivity index (χ0v) is 11.4. The van der Waals surface area contributed by atoms with Crippen LogP contribution in [0.5, 0.6) is 0 Å². The first-order valence-corrected chi connectivity index (χ1v) is 6.21. The Bertz CT molecular complexity index is 372. The number of nitrogens with zero attached hydrogens (tertiary/aromatic N) is 4. The van der Waals surface area contributed by atoms with Crippen molar-refractivity contribution in [1.82, 2.24) is 0 Å². The number of azo groups is 1. The van der Waals surface area contributed by atoms with Gasteiger partial charge in [-0.15, -0.1) is 0 Å². The van der Waals surface area contributed by atoms with Crippen LogP contribution in [0.15, 0.2) is 20.2 Å². The lowest BCUT2D eigenvalue weighted by Gasteiger charge is -2.22. The molecular formula is C12H20N4O2. The van der Waals surface area contributed by atoms with Crippen molar-refractivity contribution < 1.29 is 9.47 Å². The molecule has 100 valence electrons. The monoisotopic (exact) mass is 252 g/mol. The Labute approximate surface area is 107 Å². The van der Waals surface area contributed by atoms with Crippen LogP contribution in [0, 0.1) is 0 Å². The topological polar surface area (TPSA) is 67.9 Å². The maximum absolute atomic E-state index is 5.44. The van der Waals surface area contributed by atoms with Crippen molar-refractivity contribution in [3.63, 3.8) is 0 Å². The van der Waals surface area contributed by atoms with E-state index in [1.807, 2.05) is 27.7 Å². The molecule has 0 fully saturated rings. The quantitative estimate of drug-likeness (QED) is 0.716. The van der Waals surface area contributed by atoms with E-state index < -0.39 is 11.1 Å². The molecule has 0 bridgehead atoms. The third-order valence-electron chi connectivity index (χ3n) is 2.77. The fourth-order valence-corrected chi connectivity index (χ4v) is 1.75. The summed E-state index contributed by atoms with van der Waals surface area (Å²) in [6.45, 7) is 10.4. The first-order valence-electron chi connectivity index (χ1n) is 6.21. The van der Waals surface area contributed by atoms with Crippen LogP contribution in [0.1, 0.15) is 27.7 Å². The van der Waals surface area contributed by atoms with Gasteiger partial charge in [-0.2, -0.15) is 10.2 Å². The molecule has 0 saturated heterocycles. The Morgan fingerprint density at radius 2 is 1.22 bits per heavy atom. The molecule has 6 heteroatoms. The molecular weight excluding hydrogens is 232 g/mol. The van der Waals surface area contributed by atoms with Crippen molar-refractivity contribution in [2.24, 2.45) is 20.2 Å². The van der Waals surface area contributed by atoms with Gasteiger partial charge in [0.25, 0.3) is 0 Å². The minimum absolute atomic E-state index is 0.535. The highest BCUT2D eigenvalue weighted by Gasteiger charge is 2.33. The summed E-state index contributed by atoms with van der Waals surface area (Å²) in [7, 11) is 0. The van der Waals surface area contributed by atoms with E-state index in [1.165, 1.54) is 0 Å². The molecule has 2 rings (SSSR count). The van der Waals surface area contributed by atoms with Crippen molar-refractivity contribution in [3.8, 4) is 0 Å². The van der Waals surface area contributed by atoms with Crippen LogP contribution in [0.4, 0.5) is 0 Å². The van der Waals surface area contributed by atoms with Crippen molar-refractivity contribution >= 4 is 11.8 Å². The highest BCUT2D eigenvalue weighted by Crippen LogP contribution is 2.22. The normalized spacial score (nSPS) is 20.7. The zero-order chi connectivity index (χ0) is 13.2. The first kappa shape index (κ1) is 13.0. The molecule has 0 amide bonds. The van der Waals surface area contributed by atoms with Gasteiger partial charge in [-0.05, 0) is 27.7 Å². The van der Waals surface area contributed by atoms with E-state index in [4.69, 9.17) is 9.47 Å². The van der Waals surface area contributed by atoms with Crippen LogP contribution in [0.3, 0.4) is 0 Å². The standard InChI is InChI=1S/C12H20N4O2/c1-11(2,9-13-5-7-17-9)15-16-12(3,4)10-14-6-8-18-10/h5-8H2,1-4H3. The second-order valence-corrected chi connectivity index (χ2v) is 5.39. The molecule has 2 aliphatic rings. The summed E-state index contributed by atoms with van der Waals surface area (Å²) in [6, 6.07) is 0. The van der Waals surface area contributed by atoms with E-state index >= 15 is 0 Å². The Kier molecular flexibility index (Phi) is 3.36. The SMILES string of the molecule is CC(C)(N=NC(C)(C)C1=NCCO1)C1=NCCO1. The molecule has 2 aliphatic heterocycles. The summed E-state index contributed by atoms with van der Waals surface area (Å²) >= 11 is 0. The van der Waals surface area contributed by atoms with E-state index in [0.717, 1.165) is 0 Å². The van der Waals surface area contributed by atoms with Crippen LogP contribution in [0.2, 0.25) is 0 Å². The third-order valence-corrected chi connectivity index (χ3v) is 2.77. The molecule has 0 aromatic carbocycles. The average molecular weight is 252 g/mol. The molecule has 6 nitrogen and oxygen atoms in total. The molecule has 0 aromatic heterocycles. The predicted molar refractivity (Wildman–Crippen MR) is 69.5 cm³/mol. The number of aliphatic imine (C=N–C) groups is 2. The molecule has 0 N–H and O–H groups in total. The maximum atomic E-state index is 5.44. The van der Waals surface area contributed by atoms with Gasteiger partial charge in [0.1, 0.15) is 13.2 Å². The van der Waals surface area contributed by atoms with Crippen LogP contribution in [0.25, 0.3) is 0 Å². The van der Waals surface area contributed by atoms with E-state index in [1.54, 1.807) is 0 Å². The highest BCUT2D eigenvalue weighted by atomic mass is 16.5. The van der Waals surface area contributed by atoms with Gasteiger partial charge >= 0.3 is 0 Å². The number of rotatable bonds is 4. The minimum Gasteiger partial charge on any atom is -0.477 e. The lowest BCUT2D eigenvalue weighted by Crippen LogP contribution is -2.33. The second kappa shape index (κ2) is 4.66. The van der Waals surface area contributed by atoms with Gasteiger partial charge in [-0.3, -0.25) is 0 Å². The lowest BCUT2D eigenvalue weighted by molar-refractivity contribution is 0.306. The molecule has 0 atom stereocenters. The molecule has 0 unspecified atom stereocenters. The minimum atomic E-state index is -0.535. The van der Waals surface area contributed by atoms with Crippen LogP contribution >= 0.6 is 0 Å². The van der Waals surface area contributed by atoms with Crippen LogP contribution < -0.4 is 0 Å². The Morgan fingerprint density at radius 1 is 0.833 bits per heavy atom. The van der Waals surface area contributed by atoms with Gasteiger partial charge in [0.05, 0.1) is 13.1 Å². The number of hydrogen-bond acceptors (Lipinski definition) is 6. The zero-order valence-electron chi connectivity index (χ0n) is 11.4. The van der Waals surface area contributed by atoms with Crippen LogP contribution in [-0.4, -0.2) is 49.2 Å². The van der Waals surface area contributed by atoms with Gasteiger partial charge in [0.2, 0.25) is 11.8 Å². The van der Waals surface area contributed by atoms with E-state index in [2.05, 4.69) is 20.2 Å². The van der Waals surface area contributed by atoms with E-state index in [0.29, 0.717) is 38.1 Å². The second-order valence-electron chi connectivity index (χ2n) is 5.39. The fourth-order valence-electron chi connectivity index (χ4n) is 1.75. The van der Waals surface area contributed by atoms with Gasteiger partial charge in [0.15, 0.2) is 11.1 Å². The van der Waals surface area contributed by atoms with Gasteiger partial charge in [-0.25, -0.2) is 9.98 Å². The molecule has 0 aromatic rings. The number of hydrogen-bond donors (Lipinski definition) is 0. The lowest BCUT2D eigenvalue weighted by atomic mass is 10.1. The Balaban J connectivity index is 2.09. The number of ether oxygens (including phenoxy) is 2. The van der Waals surface area contributed by atoms with Gasteiger partial charge in [-0.1, -0.05) is 0 Å². The molecule has 0 spiro atoms.